The second-order valence-electron chi connectivity index (χ2n) is 8.79. The maximum atomic E-state index is 6.52. The molecule has 3 atom stereocenters. The molecule has 6 rings (SSSR count). The molecule has 1 aliphatic heterocycles. The van der Waals surface area contributed by atoms with E-state index in [4.69, 9.17) is 27.9 Å². The normalized spacial score (nSPS) is 24.8. The van der Waals surface area contributed by atoms with Crippen LogP contribution < -0.4 is 4.90 Å². The molecular weight excluding hydrogens is 433 g/mol. The Morgan fingerprint density at radius 3 is 2.48 bits per heavy atom. The van der Waals surface area contributed by atoms with Crippen LogP contribution in [0, 0.1) is 5.92 Å². The van der Waals surface area contributed by atoms with Gasteiger partial charge < -0.3 is 9.64 Å². The molecule has 2 saturated carbocycles. The van der Waals surface area contributed by atoms with Crippen LogP contribution in [-0.2, 0) is 11.3 Å². The van der Waals surface area contributed by atoms with Gasteiger partial charge in [-0.2, -0.15) is 5.10 Å². The van der Waals surface area contributed by atoms with Crippen molar-refractivity contribution < 1.29 is 4.74 Å². The molecule has 0 radical (unpaired) electrons. The Labute approximate surface area is 191 Å². The fourth-order valence-electron chi connectivity index (χ4n) is 5.20. The van der Waals surface area contributed by atoms with Gasteiger partial charge in [-0.15, -0.1) is 0 Å². The largest absolute Gasteiger partial charge is 0.371 e. The predicted octanol–water partition coefficient (Wildman–Crippen LogP) is 5.03. The molecule has 0 N–H and O–H groups in total. The molecule has 0 spiro atoms. The van der Waals surface area contributed by atoms with Gasteiger partial charge in [0.1, 0.15) is 12.0 Å². The minimum Gasteiger partial charge on any atom is -0.371 e. The maximum Gasteiger partial charge on any atom is 0.115 e. The Morgan fingerprint density at radius 2 is 1.81 bits per heavy atom. The van der Waals surface area contributed by atoms with Crippen LogP contribution in [-0.4, -0.2) is 38.4 Å². The van der Waals surface area contributed by atoms with Crippen LogP contribution in [0.3, 0.4) is 0 Å². The van der Waals surface area contributed by atoms with Crippen LogP contribution in [0.4, 0.5) is 5.69 Å². The molecule has 1 aromatic carbocycles. The van der Waals surface area contributed by atoms with E-state index in [1.165, 1.54) is 18.4 Å². The van der Waals surface area contributed by atoms with Gasteiger partial charge >= 0.3 is 0 Å². The number of benzene rings is 1. The minimum atomic E-state index is 0.253. The highest BCUT2D eigenvalue weighted by molar-refractivity contribution is 6.37. The number of hydrogen-bond donors (Lipinski definition) is 0. The lowest BCUT2D eigenvalue weighted by Crippen LogP contribution is -2.38. The summed E-state index contributed by atoms with van der Waals surface area (Å²) in [5, 5.41) is 5.85. The summed E-state index contributed by atoms with van der Waals surface area (Å²) >= 11 is 13.0. The molecule has 3 aromatic rings. The average molecular weight is 456 g/mol. The lowest BCUT2D eigenvalue weighted by molar-refractivity contribution is 0.00992. The van der Waals surface area contributed by atoms with Gasteiger partial charge in [-0.3, -0.25) is 0 Å². The highest BCUT2D eigenvalue weighted by atomic mass is 35.5. The van der Waals surface area contributed by atoms with Crippen LogP contribution in [0.2, 0.25) is 10.0 Å². The number of rotatable bonds is 6. The Kier molecular flexibility index (Phi) is 4.89. The number of fused-ring (bicyclic) bond motifs is 2. The molecule has 31 heavy (non-hydrogen) atoms. The Hall–Kier alpha value is -2.15. The van der Waals surface area contributed by atoms with E-state index in [0.29, 0.717) is 34.5 Å². The van der Waals surface area contributed by atoms with Crippen molar-refractivity contribution in [3.05, 3.63) is 64.4 Å². The van der Waals surface area contributed by atoms with E-state index in [2.05, 4.69) is 20.0 Å². The van der Waals surface area contributed by atoms with Crippen molar-refractivity contribution in [1.29, 1.82) is 0 Å². The number of piperidine rings is 1. The lowest BCUT2D eigenvalue weighted by Gasteiger charge is -2.32. The summed E-state index contributed by atoms with van der Waals surface area (Å²) in [6.07, 6.45) is 12.2. The zero-order valence-corrected chi connectivity index (χ0v) is 18.5. The molecule has 2 aromatic heterocycles. The zero-order chi connectivity index (χ0) is 20.9. The molecule has 2 aliphatic carbocycles. The number of aromatic nitrogens is 4. The van der Waals surface area contributed by atoms with E-state index in [1.807, 2.05) is 41.5 Å². The number of ether oxygens (including phenoxy) is 1. The summed E-state index contributed by atoms with van der Waals surface area (Å²) in [5.74, 6) is 1.09. The molecule has 3 heterocycles. The summed E-state index contributed by atoms with van der Waals surface area (Å²) in [7, 11) is 0. The van der Waals surface area contributed by atoms with Crippen LogP contribution in [0.5, 0.6) is 0 Å². The van der Waals surface area contributed by atoms with Gasteiger partial charge in [0, 0.05) is 18.5 Å². The average Bonchev–Trinajstić information content (AvgIpc) is 3.24. The second kappa shape index (κ2) is 7.76. The third-order valence-corrected chi connectivity index (χ3v) is 7.47. The maximum absolute atomic E-state index is 6.52. The van der Waals surface area contributed by atoms with Gasteiger partial charge in [0.15, 0.2) is 0 Å². The summed E-state index contributed by atoms with van der Waals surface area (Å²) < 4.78 is 8.41. The number of anilines is 1. The molecule has 1 saturated heterocycles. The van der Waals surface area contributed by atoms with E-state index in [1.54, 1.807) is 6.33 Å². The molecule has 0 amide bonds. The van der Waals surface area contributed by atoms with Crippen molar-refractivity contribution >= 4 is 28.9 Å². The summed E-state index contributed by atoms with van der Waals surface area (Å²) in [4.78, 5) is 10.8. The van der Waals surface area contributed by atoms with Crippen LogP contribution in [0.25, 0.3) is 5.69 Å². The fraction of sp³-hybridized carbons (Fsp3) is 0.435. The first-order valence-corrected chi connectivity index (χ1v) is 11.6. The van der Waals surface area contributed by atoms with E-state index in [0.717, 1.165) is 36.5 Å². The first-order chi connectivity index (χ1) is 15.2. The van der Waals surface area contributed by atoms with Gasteiger partial charge in [-0.05, 0) is 49.3 Å². The second-order valence-corrected chi connectivity index (χ2v) is 9.60. The smallest absolute Gasteiger partial charge is 0.115 e. The van der Waals surface area contributed by atoms with Crippen molar-refractivity contribution in [2.75, 3.05) is 11.4 Å². The molecule has 6 nitrogen and oxygen atoms in total. The van der Waals surface area contributed by atoms with E-state index >= 15 is 0 Å². The van der Waals surface area contributed by atoms with Crippen molar-refractivity contribution in [3.8, 4) is 5.69 Å². The topological polar surface area (TPSA) is 56.1 Å². The van der Waals surface area contributed by atoms with Crippen LogP contribution in [0.1, 0.15) is 42.9 Å². The highest BCUT2D eigenvalue weighted by Gasteiger charge is 2.45. The summed E-state index contributed by atoms with van der Waals surface area (Å²) in [5.41, 5.74) is 4.19. The predicted molar refractivity (Wildman–Crippen MR) is 120 cm³/mol. The standard InChI is InChI=1S/C23H23Cl2N5O/c24-19-2-1-3-20(25)23(19)30-21(18(10-28-30)14-4-5-14)12-31-22-7-16-6-15(22)11-29(16)17-8-26-13-27-9-17/h1-3,8-10,13-16,22H,4-7,11-12H2/t15-,16-,22+/m0/s1. The fourth-order valence-corrected chi connectivity index (χ4v) is 5.76. The molecule has 0 unspecified atom stereocenters. The van der Waals surface area contributed by atoms with Crippen molar-refractivity contribution in [2.45, 2.75) is 50.4 Å². The van der Waals surface area contributed by atoms with Crippen molar-refractivity contribution in [3.63, 3.8) is 0 Å². The molecule has 2 bridgehead atoms. The number of halogens is 2. The molecule has 3 aliphatic rings. The zero-order valence-electron chi connectivity index (χ0n) is 17.0. The van der Waals surface area contributed by atoms with E-state index in [9.17, 15) is 0 Å². The molecule has 3 fully saturated rings. The van der Waals surface area contributed by atoms with Gasteiger partial charge in [0.25, 0.3) is 0 Å². The Morgan fingerprint density at radius 1 is 1.03 bits per heavy atom. The highest BCUT2D eigenvalue weighted by Crippen LogP contribution is 2.45. The first-order valence-electron chi connectivity index (χ1n) is 10.8. The molecule has 160 valence electrons. The first kappa shape index (κ1) is 19.5. The number of para-hydroxylation sites is 1. The monoisotopic (exact) mass is 455 g/mol. The van der Waals surface area contributed by atoms with Gasteiger partial charge in [-0.1, -0.05) is 29.3 Å². The van der Waals surface area contributed by atoms with E-state index in [-0.39, 0.29) is 6.10 Å². The van der Waals surface area contributed by atoms with E-state index < -0.39 is 0 Å². The van der Waals surface area contributed by atoms with Crippen LogP contribution >= 0.6 is 23.2 Å². The third kappa shape index (κ3) is 3.51. The van der Waals surface area contributed by atoms with Gasteiger partial charge in [-0.25, -0.2) is 14.6 Å². The summed E-state index contributed by atoms with van der Waals surface area (Å²) in [6.45, 7) is 1.52. The molecular formula is C23H23Cl2N5O. The number of hydrogen-bond acceptors (Lipinski definition) is 5. The Balaban J connectivity index is 1.21. The SMILES string of the molecule is Clc1cccc(Cl)c1-n1ncc(C2CC2)c1CO[C@@H]1C[C@@H]2C[C@H]1CN2c1cncnc1. The van der Waals surface area contributed by atoms with Gasteiger partial charge in [0.2, 0.25) is 0 Å². The van der Waals surface area contributed by atoms with Gasteiger partial charge in [0.05, 0.1) is 52.7 Å². The van der Waals surface area contributed by atoms with Crippen molar-refractivity contribution in [2.24, 2.45) is 5.92 Å². The molecule has 8 heteroatoms. The number of nitrogens with zero attached hydrogens (tertiary/aromatic N) is 5. The lowest BCUT2D eigenvalue weighted by atomic mass is 10.1. The van der Waals surface area contributed by atoms with Crippen LogP contribution in [0.15, 0.2) is 43.1 Å². The quantitative estimate of drug-likeness (QED) is 0.521. The van der Waals surface area contributed by atoms with Crippen molar-refractivity contribution in [1.82, 2.24) is 19.7 Å². The third-order valence-electron chi connectivity index (χ3n) is 6.86. The Bertz CT molecular complexity index is 1080. The summed E-state index contributed by atoms with van der Waals surface area (Å²) in [6, 6.07) is 6.05. The minimum absolute atomic E-state index is 0.253.